The first-order valence-corrected chi connectivity index (χ1v) is 7.85. The van der Waals surface area contributed by atoms with Crippen LogP contribution >= 0.6 is 0 Å². The van der Waals surface area contributed by atoms with Gasteiger partial charge >= 0.3 is 5.97 Å². The Balaban J connectivity index is 2.73. The summed E-state index contributed by atoms with van der Waals surface area (Å²) in [5.41, 5.74) is -0.598. The molecule has 0 heterocycles. The lowest BCUT2D eigenvalue weighted by atomic mass is 9.99. The highest BCUT2D eigenvalue weighted by Crippen LogP contribution is 2.24. The molecule has 20 heavy (non-hydrogen) atoms. The number of carbonyl (C=O) groups is 1. The van der Waals surface area contributed by atoms with Crippen LogP contribution in [0.2, 0.25) is 0 Å². The Kier molecular flexibility index (Phi) is 6.46. The molecule has 4 nitrogen and oxygen atoms in total. The Morgan fingerprint density at radius 1 is 1.25 bits per heavy atom. The van der Waals surface area contributed by atoms with Gasteiger partial charge in [-0.15, -0.1) is 0 Å². The van der Waals surface area contributed by atoms with Crippen LogP contribution in [0, 0.1) is 11.8 Å². The van der Waals surface area contributed by atoms with Crippen LogP contribution in [0.3, 0.4) is 0 Å². The van der Waals surface area contributed by atoms with Crippen molar-refractivity contribution in [2.24, 2.45) is 11.8 Å². The SMILES string of the molecule is COC(=O)C(C)(CN(CC(C)C)CC(C)C)NC1CC1. The minimum Gasteiger partial charge on any atom is -0.468 e. The molecule has 0 saturated heterocycles. The maximum absolute atomic E-state index is 12.2. The molecule has 4 heteroatoms. The zero-order valence-corrected chi connectivity index (χ0v) is 14.0. The maximum Gasteiger partial charge on any atom is 0.327 e. The van der Waals surface area contributed by atoms with Crippen LogP contribution in [-0.4, -0.2) is 49.2 Å². The molecule has 1 aliphatic carbocycles. The smallest absolute Gasteiger partial charge is 0.327 e. The van der Waals surface area contributed by atoms with Crippen molar-refractivity contribution in [3.8, 4) is 0 Å². The Morgan fingerprint density at radius 2 is 1.75 bits per heavy atom. The number of nitrogens with one attached hydrogen (secondary N) is 1. The van der Waals surface area contributed by atoms with Gasteiger partial charge in [0.2, 0.25) is 0 Å². The van der Waals surface area contributed by atoms with E-state index in [1.807, 2.05) is 6.92 Å². The fraction of sp³-hybridized carbons (Fsp3) is 0.938. The van der Waals surface area contributed by atoms with Crippen molar-refractivity contribution in [1.29, 1.82) is 0 Å². The third-order valence-corrected chi connectivity index (χ3v) is 3.52. The van der Waals surface area contributed by atoms with Crippen molar-refractivity contribution < 1.29 is 9.53 Å². The van der Waals surface area contributed by atoms with E-state index < -0.39 is 5.54 Å². The second kappa shape index (κ2) is 7.41. The predicted octanol–water partition coefficient (Wildman–Crippen LogP) is 2.28. The summed E-state index contributed by atoms with van der Waals surface area (Å²) in [7, 11) is 1.48. The summed E-state index contributed by atoms with van der Waals surface area (Å²) in [4.78, 5) is 14.6. The first kappa shape index (κ1) is 17.4. The van der Waals surface area contributed by atoms with E-state index in [0.717, 1.165) is 13.1 Å². The highest BCUT2D eigenvalue weighted by molar-refractivity contribution is 5.80. The average Bonchev–Trinajstić information content (AvgIpc) is 3.09. The van der Waals surface area contributed by atoms with E-state index in [1.165, 1.54) is 20.0 Å². The van der Waals surface area contributed by atoms with Crippen LogP contribution in [0.4, 0.5) is 0 Å². The number of esters is 1. The number of carbonyl (C=O) groups excluding carboxylic acids is 1. The molecule has 0 spiro atoms. The fourth-order valence-corrected chi connectivity index (χ4v) is 2.76. The predicted molar refractivity (Wildman–Crippen MR) is 82.7 cm³/mol. The van der Waals surface area contributed by atoms with Crippen LogP contribution < -0.4 is 5.32 Å². The number of rotatable bonds is 9. The van der Waals surface area contributed by atoms with Gasteiger partial charge in [-0.2, -0.15) is 0 Å². The number of nitrogens with zero attached hydrogens (tertiary/aromatic N) is 1. The summed E-state index contributed by atoms with van der Waals surface area (Å²) in [5.74, 6) is 1.04. The van der Waals surface area contributed by atoms with Crippen molar-refractivity contribution in [1.82, 2.24) is 10.2 Å². The van der Waals surface area contributed by atoms with Crippen molar-refractivity contribution in [2.75, 3.05) is 26.7 Å². The minimum atomic E-state index is -0.598. The van der Waals surface area contributed by atoms with Crippen molar-refractivity contribution >= 4 is 5.97 Å². The molecular weight excluding hydrogens is 252 g/mol. The van der Waals surface area contributed by atoms with E-state index in [9.17, 15) is 4.79 Å². The van der Waals surface area contributed by atoms with Gasteiger partial charge < -0.3 is 9.64 Å². The maximum atomic E-state index is 12.2. The molecule has 0 aromatic carbocycles. The molecule has 1 unspecified atom stereocenters. The zero-order chi connectivity index (χ0) is 15.3. The fourth-order valence-electron chi connectivity index (χ4n) is 2.76. The molecule has 0 aromatic rings. The van der Waals surface area contributed by atoms with Crippen LogP contribution in [0.15, 0.2) is 0 Å². The zero-order valence-electron chi connectivity index (χ0n) is 14.0. The first-order chi connectivity index (χ1) is 9.26. The van der Waals surface area contributed by atoms with E-state index >= 15 is 0 Å². The van der Waals surface area contributed by atoms with Gasteiger partial charge in [-0.05, 0) is 31.6 Å². The topological polar surface area (TPSA) is 41.6 Å². The van der Waals surface area contributed by atoms with Gasteiger partial charge in [0, 0.05) is 25.7 Å². The molecule has 1 aliphatic rings. The normalized spacial score (nSPS) is 18.6. The lowest BCUT2D eigenvalue weighted by Crippen LogP contribution is -2.58. The molecule has 0 aromatic heterocycles. The number of hydrogen-bond acceptors (Lipinski definition) is 4. The molecule has 0 aliphatic heterocycles. The summed E-state index contributed by atoms with van der Waals surface area (Å²) >= 11 is 0. The van der Waals surface area contributed by atoms with Gasteiger partial charge in [0.1, 0.15) is 5.54 Å². The summed E-state index contributed by atoms with van der Waals surface area (Å²) in [6.07, 6.45) is 2.34. The average molecular weight is 284 g/mol. The first-order valence-electron chi connectivity index (χ1n) is 7.85. The van der Waals surface area contributed by atoms with Gasteiger partial charge in [0.05, 0.1) is 7.11 Å². The number of hydrogen-bond donors (Lipinski definition) is 1. The number of methoxy groups -OCH3 is 1. The van der Waals surface area contributed by atoms with E-state index in [1.54, 1.807) is 0 Å². The second-order valence-electron chi connectivity index (χ2n) is 7.22. The molecule has 1 N–H and O–H groups in total. The largest absolute Gasteiger partial charge is 0.468 e. The highest BCUT2D eigenvalue weighted by Gasteiger charge is 2.40. The quantitative estimate of drug-likeness (QED) is 0.660. The lowest BCUT2D eigenvalue weighted by Gasteiger charge is -2.36. The summed E-state index contributed by atoms with van der Waals surface area (Å²) in [6.45, 7) is 13.6. The Hall–Kier alpha value is -0.610. The van der Waals surface area contributed by atoms with Crippen LogP contribution in [0.5, 0.6) is 0 Å². The summed E-state index contributed by atoms with van der Waals surface area (Å²) in [5, 5.41) is 3.48. The summed E-state index contributed by atoms with van der Waals surface area (Å²) in [6, 6.07) is 0.485. The summed E-state index contributed by atoms with van der Waals surface area (Å²) < 4.78 is 5.03. The molecule has 1 atom stereocenters. The molecule has 0 bridgehead atoms. The second-order valence-corrected chi connectivity index (χ2v) is 7.22. The van der Waals surface area contributed by atoms with Crippen molar-refractivity contribution in [3.05, 3.63) is 0 Å². The van der Waals surface area contributed by atoms with Crippen molar-refractivity contribution in [2.45, 2.75) is 59.0 Å². The van der Waals surface area contributed by atoms with Crippen LogP contribution in [0.25, 0.3) is 0 Å². The van der Waals surface area contributed by atoms with E-state index in [2.05, 4.69) is 37.9 Å². The van der Waals surface area contributed by atoms with Crippen LogP contribution in [-0.2, 0) is 9.53 Å². The molecule has 1 fully saturated rings. The molecule has 0 amide bonds. The van der Waals surface area contributed by atoms with Gasteiger partial charge in [-0.25, -0.2) is 0 Å². The molecular formula is C16H32N2O2. The third-order valence-electron chi connectivity index (χ3n) is 3.52. The Bertz CT molecular complexity index is 304. The molecule has 118 valence electrons. The lowest BCUT2D eigenvalue weighted by molar-refractivity contribution is -0.149. The molecule has 0 radical (unpaired) electrons. The van der Waals surface area contributed by atoms with Crippen molar-refractivity contribution in [3.63, 3.8) is 0 Å². The number of ether oxygens (including phenoxy) is 1. The van der Waals surface area contributed by atoms with E-state index in [4.69, 9.17) is 4.74 Å². The van der Waals surface area contributed by atoms with Crippen LogP contribution in [0.1, 0.15) is 47.5 Å². The van der Waals surface area contributed by atoms with Gasteiger partial charge in [0.15, 0.2) is 0 Å². The third kappa shape index (κ3) is 5.80. The van der Waals surface area contributed by atoms with Gasteiger partial charge in [0.25, 0.3) is 0 Å². The van der Waals surface area contributed by atoms with E-state index in [-0.39, 0.29) is 5.97 Å². The van der Waals surface area contributed by atoms with E-state index in [0.29, 0.717) is 24.4 Å². The Labute approximate surface area is 124 Å². The minimum absolute atomic E-state index is 0.151. The van der Waals surface area contributed by atoms with Gasteiger partial charge in [-0.3, -0.25) is 10.1 Å². The monoisotopic (exact) mass is 284 g/mol. The van der Waals surface area contributed by atoms with Gasteiger partial charge in [-0.1, -0.05) is 27.7 Å². The Morgan fingerprint density at radius 3 is 2.10 bits per heavy atom. The highest BCUT2D eigenvalue weighted by atomic mass is 16.5. The molecule has 1 saturated carbocycles. The molecule has 1 rings (SSSR count). The standard InChI is InChI=1S/C16H32N2O2/c1-12(2)9-18(10-13(3)4)11-16(5,15(19)20-6)17-14-7-8-14/h12-14,17H,7-11H2,1-6H3.